The maximum absolute atomic E-state index is 15.0. The number of halogens is 1. The summed E-state index contributed by atoms with van der Waals surface area (Å²) in [5.41, 5.74) is 4.11. The molecule has 1 heterocycles. The van der Waals surface area contributed by atoms with Gasteiger partial charge in [0, 0.05) is 12.1 Å². The maximum atomic E-state index is 15.0. The second kappa shape index (κ2) is 8.36. The first-order chi connectivity index (χ1) is 14.0. The average Bonchev–Trinajstić information content (AvgIpc) is 3.13. The van der Waals surface area contributed by atoms with Crippen LogP contribution in [0.2, 0.25) is 0 Å². The van der Waals surface area contributed by atoms with Gasteiger partial charge in [0.1, 0.15) is 11.4 Å². The van der Waals surface area contributed by atoms with Crippen LogP contribution in [0.1, 0.15) is 46.6 Å². The highest BCUT2D eigenvalue weighted by molar-refractivity contribution is 5.69. The lowest BCUT2D eigenvalue weighted by molar-refractivity contribution is 0.0192. The Kier molecular flexibility index (Phi) is 6.20. The summed E-state index contributed by atoms with van der Waals surface area (Å²) in [6.07, 6.45) is -0.0583. The molecule has 2 aromatic rings. The molecule has 1 aliphatic rings. The molecule has 1 amide bonds. The highest BCUT2D eigenvalue weighted by Gasteiger charge is 2.44. The molecule has 0 saturated carbocycles. The van der Waals surface area contributed by atoms with Gasteiger partial charge in [-0.15, -0.1) is 0 Å². The summed E-state index contributed by atoms with van der Waals surface area (Å²) in [6, 6.07) is 14.9. The van der Waals surface area contributed by atoms with E-state index in [1.165, 1.54) is 0 Å². The van der Waals surface area contributed by atoms with Crippen molar-refractivity contribution in [1.29, 1.82) is 0 Å². The molecule has 1 fully saturated rings. The van der Waals surface area contributed by atoms with E-state index in [2.05, 4.69) is 19.3 Å². The minimum atomic E-state index is -0.583. The minimum Gasteiger partial charge on any atom is -0.444 e. The number of likely N-dealkylation sites (tertiary alicyclic amines) is 1. The predicted octanol–water partition coefficient (Wildman–Crippen LogP) is 4.82. The first-order valence-corrected chi connectivity index (χ1v) is 10.3. The molecule has 30 heavy (non-hydrogen) atoms. The van der Waals surface area contributed by atoms with Crippen molar-refractivity contribution in [3.8, 4) is 11.1 Å². The zero-order valence-electron chi connectivity index (χ0n) is 18.4. The fourth-order valence-electron chi connectivity index (χ4n) is 4.04. The fraction of sp³-hybridized carbons (Fsp3) is 0.458. The van der Waals surface area contributed by atoms with E-state index >= 15 is 0 Å². The van der Waals surface area contributed by atoms with Crippen LogP contribution in [0, 0.1) is 11.7 Å². The van der Waals surface area contributed by atoms with Gasteiger partial charge < -0.3 is 4.74 Å². The van der Waals surface area contributed by atoms with Crippen molar-refractivity contribution in [2.24, 2.45) is 11.8 Å². The van der Waals surface area contributed by atoms with Crippen LogP contribution in [-0.4, -0.2) is 29.3 Å². The Morgan fingerprint density at radius 1 is 1.13 bits per heavy atom. The Balaban J connectivity index is 1.83. The third-order valence-corrected chi connectivity index (χ3v) is 5.94. The normalized spacial score (nSPS) is 19.8. The molecular weight excluding hydrogens is 381 g/mol. The van der Waals surface area contributed by atoms with Crippen molar-refractivity contribution in [3.63, 3.8) is 0 Å². The van der Waals surface area contributed by atoms with Crippen LogP contribution in [0.5, 0.6) is 0 Å². The molecule has 0 radical (unpaired) electrons. The number of carbonyl (C=O) groups excluding carboxylic acids is 1. The van der Waals surface area contributed by atoms with Gasteiger partial charge in [-0.05, 0) is 55.7 Å². The SMILES string of the molecule is CC(C)(C)OC(=O)N1CC(C(C)(C)c2ccc(-c3ccccc3)c(F)c2)C[C@@H]1NN. The van der Waals surface area contributed by atoms with Crippen LogP contribution in [0.25, 0.3) is 11.1 Å². The van der Waals surface area contributed by atoms with Gasteiger partial charge in [0.25, 0.3) is 0 Å². The van der Waals surface area contributed by atoms with E-state index in [-0.39, 0.29) is 23.3 Å². The number of amides is 1. The Morgan fingerprint density at radius 3 is 2.37 bits per heavy atom. The van der Waals surface area contributed by atoms with Crippen molar-refractivity contribution in [3.05, 3.63) is 59.9 Å². The summed E-state index contributed by atoms with van der Waals surface area (Å²) in [7, 11) is 0. The third kappa shape index (κ3) is 4.65. The Bertz CT molecular complexity index is 893. The van der Waals surface area contributed by atoms with E-state index < -0.39 is 11.7 Å². The van der Waals surface area contributed by atoms with Crippen molar-refractivity contribution in [1.82, 2.24) is 10.3 Å². The van der Waals surface area contributed by atoms with E-state index in [1.54, 1.807) is 11.0 Å². The van der Waals surface area contributed by atoms with Crippen LogP contribution in [-0.2, 0) is 10.2 Å². The highest BCUT2D eigenvalue weighted by atomic mass is 19.1. The molecule has 5 nitrogen and oxygen atoms in total. The highest BCUT2D eigenvalue weighted by Crippen LogP contribution is 2.40. The number of nitrogens with two attached hydrogens (primary N) is 1. The average molecular weight is 414 g/mol. The van der Waals surface area contributed by atoms with Gasteiger partial charge in [0.15, 0.2) is 0 Å². The molecule has 1 saturated heterocycles. The topological polar surface area (TPSA) is 67.6 Å². The number of hydrogen-bond donors (Lipinski definition) is 2. The van der Waals surface area contributed by atoms with Gasteiger partial charge in [0.2, 0.25) is 0 Å². The minimum absolute atomic E-state index is 0.0908. The largest absolute Gasteiger partial charge is 0.444 e. The summed E-state index contributed by atoms with van der Waals surface area (Å²) >= 11 is 0. The zero-order valence-corrected chi connectivity index (χ0v) is 18.4. The Hall–Kier alpha value is -2.44. The van der Waals surface area contributed by atoms with Crippen LogP contribution in [0.15, 0.2) is 48.5 Å². The number of hydrogen-bond acceptors (Lipinski definition) is 4. The molecule has 2 atom stereocenters. The third-order valence-electron chi connectivity index (χ3n) is 5.94. The fourth-order valence-corrected chi connectivity index (χ4v) is 4.04. The predicted molar refractivity (Wildman–Crippen MR) is 117 cm³/mol. The molecule has 3 N–H and O–H groups in total. The summed E-state index contributed by atoms with van der Waals surface area (Å²) in [6.45, 7) is 10.2. The van der Waals surface area contributed by atoms with Gasteiger partial charge >= 0.3 is 6.09 Å². The number of benzene rings is 2. The lowest BCUT2D eigenvalue weighted by Crippen LogP contribution is -2.49. The quantitative estimate of drug-likeness (QED) is 0.557. The van der Waals surface area contributed by atoms with Gasteiger partial charge in [-0.1, -0.05) is 56.3 Å². The van der Waals surface area contributed by atoms with E-state index in [0.29, 0.717) is 18.5 Å². The smallest absolute Gasteiger partial charge is 0.411 e. The van der Waals surface area contributed by atoms with Gasteiger partial charge in [-0.2, -0.15) is 0 Å². The number of nitrogens with one attached hydrogen (secondary N) is 1. The molecule has 6 heteroatoms. The second-order valence-electron chi connectivity index (χ2n) is 9.53. The van der Waals surface area contributed by atoms with Crippen molar-refractivity contribution in [2.45, 2.75) is 58.2 Å². The molecular formula is C24H32FN3O2. The molecule has 162 valence electrons. The Morgan fingerprint density at radius 2 is 1.80 bits per heavy atom. The standard InChI is InChI=1S/C24H32FN3O2/c1-23(2,3)30-22(29)28-15-18(14-21(28)27-26)24(4,5)17-11-12-19(20(25)13-17)16-9-7-6-8-10-16/h6-13,18,21,27H,14-15,26H2,1-5H3/t18?,21-/m1/s1. The van der Waals surface area contributed by atoms with E-state index in [9.17, 15) is 9.18 Å². The molecule has 1 unspecified atom stereocenters. The summed E-state index contributed by atoms with van der Waals surface area (Å²) < 4.78 is 20.5. The van der Waals surface area contributed by atoms with Gasteiger partial charge in [-0.25, -0.2) is 14.6 Å². The lowest BCUT2D eigenvalue weighted by atomic mass is 9.72. The van der Waals surface area contributed by atoms with Crippen LogP contribution in [0.3, 0.4) is 0 Å². The van der Waals surface area contributed by atoms with Gasteiger partial charge in [0.05, 0.1) is 6.17 Å². The molecule has 1 aliphatic heterocycles. The molecule has 2 aromatic carbocycles. The number of nitrogens with zero attached hydrogens (tertiary/aromatic N) is 1. The van der Waals surface area contributed by atoms with Crippen LogP contribution in [0.4, 0.5) is 9.18 Å². The molecule has 3 rings (SSSR count). The van der Waals surface area contributed by atoms with Gasteiger partial charge in [-0.3, -0.25) is 10.7 Å². The number of rotatable bonds is 4. The second-order valence-corrected chi connectivity index (χ2v) is 9.53. The number of ether oxygens (including phenoxy) is 1. The van der Waals surface area contributed by atoms with E-state index in [0.717, 1.165) is 11.1 Å². The number of hydrazine groups is 1. The molecule has 0 spiro atoms. The first-order valence-electron chi connectivity index (χ1n) is 10.3. The summed E-state index contributed by atoms with van der Waals surface area (Å²) in [4.78, 5) is 14.3. The van der Waals surface area contributed by atoms with Crippen molar-refractivity contribution in [2.75, 3.05) is 6.54 Å². The van der Waals surface area contributed by atoms with Crippen molar-refractivity contribution >= 4 is 6.09 Å². The summed E-state index contributed by atoms with van der Waals surface area (Å²) in [5.74, 6) is 5.56. The van der Waals surface area contributed by atoms with Crippen molar-refractivity contribution < 1.29 is 13.9 Å². The monoisotopic (exact) mass is 413 g/mol. The lowest BCUT2D eigenvalue weighted by Gasteiger charge is -2.32. The maximum Gasteiger partial charge on any atom is 0.411 e. The first kappa shape index (κ1) is 22.2. The van der Waals surface area contributed by atoms with E-state index in [1.807, 2.05) is 63.2 Å². The molecule has 0 aromatic heterocycles. The molecule has 0 bridgehead atoms. The molecule has 0 aliphatic carbocycles. The zero-order chi connectivity index (χ0) is 22.1. The summed E-state index contributed by atoms with van der Waals surface area (Å²) in [5, 5.41) is 0. The van der Waals surface area contributed by atoms with E-state index in [4.69, 9.17) is 10.6 Å². The number of carbonyl (C=O) groups is 1. The Labute approximate surface area is 178 Å². The van der Waals surface area contributed by atoms with Crippen LogP contribution < -0.4 is 11.3 Å². The van der Waals surface area contributed by atoms with Crippen LogP contribution >= 0.6 is 0 Å².